The first-order chi connectivity index (χ1) is 13.8. The summed E-state index contributed by atoms with van der Waals surface area (Å²) in [5, 5.41) is 17.1. The molecule has 0 radical (unpaired) electrons. The highest BCUT2D eigenvalue weighted by Crippen LogP contribution is 2.12. The third-order valence-corrected chi connectivity index (χ3v) is 5.35. The zero-order chi connectivity index (χ0) is 20.5. The number of carbonyl (C=O) groups excluding carboxylic acids is 1. The van der Waals surface area contributed by atoms with E-state index in [0.717, 1.165) is 25.7 Å². The fourth-order valence-corrected chi connectivity index (χ4v) is 3.50. The Morgan fingerprint density at radius 2 is 0.893 bits per heavy atom. The molecule has 0 saturated carbocycles. The molecule has 0 atom stereocenters. The summed E-state index contributed by atoms with van der Waals surface area (Å²) in [6.07, 6.45) is 23.9. The molecule has 0 aromatic rings. The molecular formula is C24H48O4. The number of cyclic esters (lactones) is 1. The second-order valence-corrected chi connectivity index (χ2v) is 8.14. The lowest BCUT2D eigenvalue weighted by Gasteiger charge is -2.03. The molecule has 1 rings (SSSR count). The average molecular weight is 401 g/mol. The van der Waals surface area contributed by atoms with E-state index in [0.29, 0.717) is 26.2 Å². The molecule has 2 N–H and O–H groups in total. The second-order valence-electron chi connectivity index (χ2n) is 8.14. The van der Waals surface area contributed by atoms with E-state index >= 15 is 0 Å². The molecule has 0 aromatic carbocycles. The minimum atomic E-state index is 0.00393. The van der Waals surface area contributed by atoms with E-state index < -0.39 is 0 Å². The molecule has 28 heavy (non-hydrogen) atoms. The van der Waals surface area contributed by atoms with Crippen molar-refractivity contribution in [2.45, 2.75) is 128 Å². The van der Waals surface area contributed by atoms with Crippen molar-refractivity contribution < 1.29 is 19.7 Å². The van der Waals surface area contributed by atoms with Crippen molar-refractivity contribution in [3.63, 3.8) is 0 Å². The highest BCUT2D eigenvalue weighted by Gasteiger charge is 2.03. The first-order valence-corrected chi connectivity index (χ1v) is 12.2. The van der Waals surface area contributed by atoms with Gasteiger partial charge in [0.25, 0.3) is 0 Å². The van der Waals surface area contributed by atoms with Crippen molar-refractivity contribution in [3.8, 4) is 0 Å². The zero-order valence-electron chi connectivity index (χ0n) is 18.5. The molecule has 0 unspecified atom stereocenters. The van der Waals surface area contributed by atoms with Crippen molar-refractivity contribution in [3.05, 3.63) is 0 Å². The summed E-state index contributed by atoms with van der Waals surface area (Å²) in [7, 11) is 0. The van der Waals surface area contributed by atoms with Gasteiger partial charge in [-0.3, -0.25) is 4.79 Å². The number of aliphatic hydroxyl groups excluding tert-OH is 2. The van der Waals surface area contributed by atoms with Gasteiger partial charge in [-0.05, 0) is 25.7 Å². The van der Waals surface area contributed by atoms with Crippen LogP contribution >= 0.6 is 0 Å². The lowest BCUT2D eigenvalue weighted by Crippen LogP contribution is -2.05. The standard InChI is InChI=1S/C12H22O2.C12H26O2/c13-12-10-8-6-4-2-1-3-5-7-9-11-14-12;13-11-9-7-5-3-1-2-4-6-8-10-12-14/h1-11H2;13-14H,1-12H2. The number of unbranched alkanes of at least 4 members (excludes halogenated alkanes) is 9. The second kappa shape index (κ2) is 24.4. The zero-order valence-corrected chi connectivity index (χ0v) is 18.5. The maximum absolute atomic E-state index is 11.2. The van der Waals surface area contributed by atoms with Gasteiger partial charge in [-0.25, -0.2) is 0 Å². The summed E-state index contributed by atoms with van der Waals surface area (Å²) in [6.45, 7) is 1.33. The van der Waals surface area contributed by atoms with Gasteiger partial charge in [0, 0.05) is 19.6 Å². The highest BCUT2D eigenvalue weighted by atomic mass is 16.5. The lowest BCUT2D eigenvalue weighted by atomic mass is 10.1. The Morgan fingerprint density at radius 1 is 0.536 bits per heavy atom. The van der Waals surface area contributed by atoms with Crippen LogP contribution in [-0.4, -0.2) is 36.0 Å². The van der Waals surface area contributed by atoms with E-state index in [1.54, 1.807) is 0 Å². The van der Waals surface area contributed by atoms with Gasteiger partial charge in [-0.15, -0.1) is 0 Å². The summed E-state index contributed by atoms with van der Waals surface area (Å²) < 4.78 is 5.12. The van der Waals surface area contributed by atoms with E-state index in [9.17, 15) is 4.79 Å². The van der Waals surface area contributed by atoms with Crippen LogP contribution in [0.25, 0.3) is 0 Å². The maximum atomic E-state index is 11.2. The Kier molecular flexibility index (Phi) is 23.9. The van der Waals surface area contributed by atoms with E-state index in [1.807, 2.05) is 0 Å². The van der Waals surface area contributed by atoms with E-state index in [4.69, 9.17) is 14.9 Å². The third-order valence-electron chi connectivity index (χ3n) is 5.35. The molecule has 1 saturated heterocycles. The van der Waals surface area contributed by atoms with Gasteiger partial charge in [0.05, 0.1) is 6.61 Å². The van der Waals surface area contributed by atoms with Crippen LogP contribution in [-0.2, 0) is 9.53 Å². The van der Waals surface area contributed by atoms with Crippen molar-refractivity contribution >= 4 is 5.97 Å². The Bertz CT molecular complexity index is 279. The van der Waals surface area contributed by atoms with Crippen LogP contribution in [0, 0.1) is 0 Å². The van der Waals surface area contributed by atoms with Gasteiger partial charge in [-0.2, -0.15) is 0 Å². The van der Waals surface area contributed by atoms with Crippen LogP contribution in [0.3, 0.4) is 0 Å². The van der Waals surface area contributed by atoms with Crippen molar-refractivity contribution in [1.29, 1.82) is 0 Å². The Balaban J connectivity index is 0.000000521. The molecular weight excluding hydrogens is 352 g/mol. The molecule has 0 bridgehead atoms. The number of aliphatic hydroxyl groups is 2. The van der Waals surface area contributed by atoms with Crippen LogP contribution in [0.5, 0.6) is 0 Å². The average Bonchev–Trinajstić information content (AvgIpc) is 2.72. The smallest absolute Gasteiger partial charge is 0.305 e. The number of esters is 1. The molecule has 168 valence electrons. The highest BCUT2D eigenvalue weighted by molar-refractivity contribution is 5.69. The number of ether oxygens (including phenoxy) is 1. The van der Waals surface area contributed by atoms with Crippen LogP contribution in [0.4, 0.5) is 0 Å². The van der Waals surface area contributed by atoms with Crippen molar-refractivity contribution in [2.75, 3.05) is 19.8 Å². The van der Waals surface area contributed by atoms with Crippen LogP contribution in [0.2, 0.25) is 0 Å². The molecule has 0 spiro atoms. The monoisotopic (exact) mass is 400 g/mol. The summed E-state index contributed by atoms with van der Waals surface area (Å²) in [6, 6.07) is 0. The molecule has 1 fully saturated rings. The van der Waals surface area contributed by atoms with Gasteiger partial charge in [-0.1, -0.05) is 96.3 Å². The minimum Gasteiger partial charge on any atom is -0.466 e. The summed E-state index contributed by atoms with van der Waals surface area (Å²) in [5.74, 6) is 0.00393. The van der Waals surface area contributed by atoms with Gasteiger partial charge in [0.15, 0.2) is 0 Å². The molecule has 0 amide bonds. The fraction of sp³-hybridized carbons (Fsp3) is 0.958. The molecule has 4 nitrogen and oxygen atoms in total. The number of carbonyl (C=O) groups is 1. The quantitative estimate of drug-likeness (QED) is 0.315. The number of hydrogen-bond acceptors (Lipinski definition) is 4. The van der Waals surface area contributed by atoms with Crippen molar-refractivity contribution in [2.24, 2.45) is 0 Å². The van der Waals surface area contributed by atoms with E-state index in [1.165, 1.54) is 96.3 Å². The van der Waals surface area contributed by atoms with Crippen LogP contribution in [0.1, 0.15) is 128 Å². The molecule has 0 aromatic heterocycles. The summed E-state index contributed by atoms with van der Waals surface area (Å²) in [4.78, 5) is 11.2. The molecule has 0 aliphatic carbocycles. The first kappa shape index (κ1) is 27.4. The summed E-state index contributed by atoms with van der Waals surface area (Å²) >= 11 is 0. The maximum Gasteiger partial charge on any atom is 0.305 e. The van der Waals surface area contributed by atoms with Crippen molar-refractivity contribution in [1.82, 2.24) is 0 Å². The third kappa shape index (κ3) is 23.4. The largest absolute Gasteiger partial charge is 0.466 e. The minimum absolute atomic E-state index is 0.00393. The predicted octanol–water partition coefficient (Wildman–Crippen LogP) is 6.32. The Morgan fingerprint density at radius 3 is 1.32 bits per heavy atom. The van der Waals surface area contributed by atoms with E-state index in [-0.39, 0.29) is 5.97 Å². The van der Waals surface area contributed by atoms with Gasteiger partial charge in [0.2, 0.25) is 0 Å². The van der Waals surface area contributed by atoms with Gasteiger partial charge >= 0.3 is 5.97 Å². The van der Waals surface area contributed by atoms with Gasteiger partial charge < -0.3 is 14.9 Å². The fourth-order valence-electron chi connectivity index (χ4n) is 3.50. The Hall–Kier alpha value is -0.610. The van der Waals surface area contributed by atoms with Gasteiger partial charge in [0.1, 0.15) is 0 Å². The van der Waals surface area contributed by atoms with E-state index in [2.05, 4.69) is 0 Å². The number of hydrogen-bond donors (Lipinski definition) is 2. The number of rotatable bonds is 11. The SMILES string of the molecule is O=C1CCCCCCCCCCCO1.OCCCCCCCCCCCCO. The lowest BCUT2D eigenvalue weighted by molar-refractivity contribution is -0.143. The van der Waals surface area contributed by atoms with Crippen LogP contribution < -0.4 is 0 Å². The van der Waals surface area contributed by atoms with Crippen LogP contribution in [0.15, 0.2) is 0 Å². The molecule has 4 heteroatoms. The topological polar surface area (TPSA) is 66.8 Å². The predicted molar refractivity (Wildman–Crippen MR) is 117 cm³/mol. The Labute approximate surface area is 174 Å². The molecule has 1 aliphatic rings. The molecule has 1 heterocycles. The molecule has 1 aliphatic heterocycles. The first-order valence-electron chi connectivity index (χ1n) is 12.2. The summed E-state index contributed by atoms with van der Waals surface area (Å²) in [5.41, 5.74) is 0. The normalized spacial score (nSPS) is 16.7.